The van der Waals surface area contributed by atoms with Crippen LogP contribution in [-0.2, 0) is 6.42 Å². The van der Waals surface area contributed by atoms with Crippen molar-refractivity contribution >= 4 is 17.2 Å². The van der Waals surface area contributed by atoms with Crippen LogP contribution in [0, 0.1) is 0 Å². The molecule has 1 aliphatic rings. The number of aromatic nitrogens is 1. The van der Waals surface area contributed by atoms with E-state index >= 15 is 0 Å². The topological polar surface area (TPSA) is 58.4 Å². The normalized spacial score (nSPS) is 15.9. The second kappa shape index (κ2) is 9.37. The summed E-state index contributed by atoms with van der Waals surface area (Å²) in [5.41, 5.74) is 2.91. The van der Waals surface area contributed by atoms with Crippen LogP contribution >= 0.6 is 11.3 Å². The van der Waals surface area contributed by atoms with E-state index in [9.17, 15) is 4.79 Å². The van der Waals surface area contributed by atoms with Crippen LogP contribution in [0.2, 0.25) is 0 Å². The molecule has 0 spiro atoms. The van der Waals surface area contributed by atoms with E-state index in [1.165, 1.54) is 30.4 Å². The first kappa shape index (κ1) is 19.9. The minimum atomic E-state index is -0.191. The number of thiophene rings is 1. The fourth-order valence-electron chi connectivity index (χ4n) is 3.86. The van der Waals surface area contributed by atoms with Crippen LogP contribution in [0.5, 0.6) is 0 Å². The van der Waals surface area contributed by atoms with Gasteiger partial charge in [-0.1, -0.05) is 48.8 Å². The number of nitrogens with one attached hydrogen (secondary N) is 1. The van der Waals surface area contributed by atoms with Crippen molar-refractivity contribution in [1.82, 2.24) is 15.4 Å². The zero-order valence-corrected chi connectivity index (χ0v) is 17.6. The minimum absolute atomic E-state index is 0.175. The van der Waals surface area contributed by atoms with Crippen LogP contribution < -0.4 is 5.32 Å². The average molecular weight is 410 g/mol. The van der Waals surface area contributed by atoms with Gasteiger partial charge in [-0.25, -0.2) is 0 Å². The van der Waals surface area contributed by atoms with Crippen molar-refractivity contribution in [2.45, 2.75) is 38.6 Å². The van der Waals surface area contributed by atoms with Crippen molar-refractivity contribution in [3.8, 4) is 10.6 Å². The number of amides is 1. The lowest BCUT2D eigenvalue weighted by Crippen LogP contribution is -2.40. The van der Waals surface area contributed by atoms with Gasteiger partial charge in [0, 0.05) is 12.6 Å². The van der Waals surface area contributed by atoms with Gasteiger partial charge in [0.15, 0.2) is 11.5 Å². The quantitative estimate of drug-likeness (QED) is 0.602. The molecule has 1 fully saturated rings. The Balaban J connectivity index is 1.46. The standard InChI is InChI=1S/C23H27N3O2S/c1-2-17-8-10-18(11-9-17)20(26-12-4-3-5-13-26)16-24-23(27)19-15-21(28-25-19)22-7-6-14-29-22/h6-11,14-15,20H,2-5,12-13,16H2,1H3,(H,24,27). The summed E-state index contributed by atoms with van der Waals surface area (Å²) in [5.74, 6) is 0.441. The molecule has 1 aliphatic heterocycles. The molecule has 0 saturated carbocycles. The highest BCUT2D eigenvalue weighted by atomic mass is 32.1. The lowest BCUT2D eigenvalue weighted by atomic mass is 9.99. The molecule has 5 nitrogen and oxygen atoms in total. The Morgan fingerprint density at radius 2 is 2.00 bits per heavy atom. The molecule has 0 radical (unpaired) electrons. The molecule has 1 amide bonds. The fourth-order valence-corrected chi connectivity index (χ4v) is 4.53. The van der Waals surface area contributed by atoms with Gasteiger partial charge in [0.05, 0.1) is 10.9 Å². The summed E-state index contributed by atoms with van der Waals surface area (Å²) in [6.45, 7) is 4.87. The fraction of sp³-hybridized carbons (Fsp3) is 0.391. The Kier molecular flexibility index (Phi) is 6.42. The molecule has 3 heterocycles. The number of benzene rings is 1. The zero-order valence-electron chi connectivity index (χ0n) is 16.8. The summed E-state index contributed by atoms with van der Waals surface area (Å²) in [7, 11) is 0. The van der Waals surface area contributed by atoms with E-state index in [0.717, 1.165) is 24.4 Å². The first-order chi connectivity index (χ1) is 14.2. The minimum Gasteiger partial charge on any atom is -0.355 e. The van der Waals surface area contributed by atoms with Gasteiger partial charge in [-0.15, -0.1) is 11.3 Å². The van der Waals surface area contributed by atoms with E-state index in [1.807, 2.05) is 17.5 Å². The van der Waals surface area contributed by atoms with Gasteiger partial charge in [0.2, 0.25) is 0 Å². The molecule has 1 unspecified atom stereocenters. The monoisotopic (exact) mass is 409 g/mol. The van der Waals surface area contributed by atoms with Crippen LogP contribution in [0.15, 0.2) is 52.4 Å². The Morgan fingerprint density at radius 1 is 1.21 bits per heavy atom. The molecule has 1 saturated heterocycles. The van der Waals surface area contributed by atoms with Crippen molar-refractivity contribution in [2.75, 3.05) is 19.6 Å². The van der Waals surface area contributed by atoms with Crippen LogP contribution in [0.25, 0.3) is 10.6 Å². The van der Waals surface area contributed by atoms with Crippen LogP contribution in [-0.4, -0.2) is 35.6 Å². The molecule has 2 aromatic heterocycles. The molecule has 3 aromatic rings. The summed E-state index contributed by atoms with van der Waals surface area (Å²) in [6.07, 6.45) is 4.74. The van der Waals surface area contributed by atoms with Crippen molar-refractivity contribution in [3.05, 3.63) is 64.7 Å². The smallest absolute Gasteiger partial charge is 0.273 e. The largest absolute Gasteiger partial charge is 0.355 e. The van der Waals surface area contributed by atoms with Gasteiger partial charge in [0.1, 0.15) is 0 Å². The van der Waals surface area contributed by atoms with Crippen LogP contribution in [0.1, 0.15) is 53.8 Å². The lowest BCUT2D eigenvalue weighted by molar-refractivity contribution is 0.0915. The molecule has 152 valence electrons. The third kappa shape index (κ3) is 4.77. The predicted octanol–water partition coefficient (Wildman–Crippen LogP) is 4.92. The number of carbonyl (C=O) groups is 1. The second-order valence-corrected chi connectivity index (χ2v) is 8.42. The van der Waals surface area contributed by atoms with E-state index in [1.54, 1.807) is 17.4 Å². The number of aryl methyl sites for hydroxylation is 1. The van der Waals surface area contributed by atoms with Gasteiger partial charge in [-0.05, 0) is 54.9 Å². The van der Waals surface area contributed by atoms with E-state index in [-0.39, 0.29) is 11.9 Å². The van der Waals surface area contributed by atoms with Crippen molar-refractivity contribution in [3.63, 3.8) is 0 Å². The molecule has 1 atom stereocenters. The predicted molar refractivity (Wildman–Crippen MR) is 116 cm³/mol. The van der Waals surface area contributed by atoms with Crippen LogP contribution in [0.4, 0.5) is 0 Å². The summed E-state index contributed by atoms with van der Waals surface area (Å²) in [5, 5.41) is 9.02. The Labute approximate surface area is 175 Å². The SMILES string of the molecule is CCc1ccc(C(CNC(=O)c2cc(-c3cccs3)on2)N2CCCCC2)cc1. The highest BCUT2D eigenvalue weighted by Crippen LogP contribution is 2.26. The maximum absolute atomic E-state index is 12.7. The molecule has 6 heteroatoms. The molecular formula is C23H27N3O2S. The highest BCUT2D eigenvalue weighted by Gasteiger charge is 2.24. The lowest BCUT2D eigenvalue weighted by Gasteiger charge is -2.35. The van der Waals surface area contributed by atoms with Gasteiger partial charge in [0.25, 0.3) is 5.91 Å². The Bertz CT molecular complexity index is 912. The van der Waals surface area contributed by atoms with E-state index in [2.05, 4.69) is 46.6 Å². The third-order valence-corrected chi connectivity index (χ3v) is 6.45. The number of likely N-dealkylation sites (tertiary alicyclic amines) is 1. The molecule has 4 rings (SSSR count). The molecule has 29 heavy (non-hydrogen) atoms. The second-order valence-electron chi connectivity index (χ2n) is 7.47. The number of hydrogen-bond donors (Lipinski definition) is 1. The van der Waals surface area contributed by atoms with Crippen LogP contribution in [0.3, 0.4) is 0 Å². The number of nitrogens with zero attached hydrogens (tertiary/aromatic N) is 2. The highest BCUT2D eigenvalue weighted by molar-refractivity contribution is 7.13. The Morgan fingerprint density at radius 3 is 2.69 bits per heavy atom. The number of piperidine rings is 1. The van der Waals surface area contributed by atoms with E-state index in [4.69, 9.17) is 4.52 Å². The van der Waals surface area contributed by atoms with Gasteiger partial charge < -0.3 is 9.84 Å². The molecular weight excluding hydrogens is 382 g/mol. The number of carbonyl (C=O) groups excluding carboxylic acids is 1. The molecule has 0 bridgehead atoms. The molecule has 1 N–H and O–H groups in total. The summed E-state index contributed by atoms with van der Waals surface area (Å²) in [4.78, 5) is 16.2. The molecule has 0 aliphatic carbocycles. The van der Waals surface area contributed by atoms with E-state index < -0.39 is 0 Å². The summed E-state index contributed by atoms with van der Waals surface area (Å²) < 4.78 is 5.35. The zero-order chi connectivity index (χ0) is 20.1. The van der Waals surface area contributed by atoms with E-state index in [0.29, 0.717) is 18.0 Å². The van der Waals surface area contributed by atoms with Crippen molar-refractivity contribution in [2.24, 2.45) is 0 Å². The van der Waals surface area contributed by atoms with Crippen molar-refractivity contribution < 1.29 is 9.32 Å². The van der Waals surface area contributed by atoms with Gasteiger partial charge in [-0.2, -0.15) is 0 Å². The maximum Gasteiger partial charge on any atom is 0.273 e. The molecule has 1 aromatic carbocycles. The first-order valence-corrected chi connectivity index (χ1v) is 11.2. The summed E-state index contributed by atoms with van der Waals surface area (Å²) in [6, 6.07) is 14.6. The van der Waals surface area contributed by atoms with Gasteiger partial charge in [-0.3, -0.25) is 9.69 Å². The first-order valence-electron chi connectivity index (χ1n) is 10.4. The average Bonchev–Trinajstić information content (AvgIpc) is 3.47. The number of rotatable bonds is 7. The van der Waals surface area contributed by atoms with Gasteiger partial charge >= 0.3 is 0 Å². The number of hydrogen-bond acceptors (Lipinski definition) is 5. The third-order valence-electron chi connectivity index (χ3n) is 5.57. The summed E-state index contributed by atoms with van der Waals surface area (Å²) >= 11 is 1.57. The Hall–Kier alpha value is -2.44. The maximum atomic E-state index is 12.7. The van der Waals surface area contributed by atoms with Crippen molar-refractivity contribution in [1.29, 1.82) is 0 Å².